The van der Waals surface area contributed by atoms with E-state index in [9.17, 15) is 0 Å². The van der Waals surface area contributed by atoms with Crippen molar-refractivity contribution in [1.82, 2.24) is 5.32 Å². The molecule has 0 saturated heterocycles. The minimum Gasteiger partial charge on any atom is -0.351 e. The van der Waals surface area contributed by atoms with Gasteiger partial charge >= 0.3 is 0 Å². The first-order valence-electron chi connectivity index (χ1n) is 3.17. The Labute approximate surface area is 56.7 Å². The zero-order valence-corrected chi connectivity index (χ0v) is 6.31. The summed E-state index contributed by atoms with van der Waals surface area (Å²) in [5.41, 5.74) is 1.21. The summed E-state index contributed by atoms with van der Waals surface area (Å²) in [6.07, 6.45) is 4.77. The molecule has 0 aliphatic rings. The number of aliphatic imine (C=N–C) groups is 1. The third kappa shape index (κ3) is 3.76. The Bertz CT molecular complexity index is 114. The molecular weight excluding hydrogens is 112 g/mol. The van der Waals surface area contributed by atoms with Gasteiger partial charge in [-0.25, -0.2) is 0 Å². The Kier molecular flexibility index (Phi) is 4.88. The van der Waals surface area contributed by atoms with Gasteiger partial charge in [0.05, 0.1) is 6.34 Å². The summed E-state index contributed by atoms with van der Waals surface area (Å²) in [5, 5.41) is 3.04. The van der Waals surface area contributed by atoms with Crippen molar-refractivity contribution in [2.75, 3.05) is 7.05 Å². The monoisotopic (exact) mass is 126 g/mol. The van der Waals surface area contributed by atoms with Gasteiger partial charge in [0.1, 0.15) is 0 Å². The molecule has 0 heterocycles. The predicted octanol–water partition coefficient (Wildman–Crippen LogP) is 1.55. The molecule has 0 radical (unpaired) electrons. The van der Waals surface area contributed by atoms with Crippen molar-refractivity contribution in [3.8, 4) is 0 Å². The van der Waals surface area contributed by atoms with Gasteiger partial charge in [-0.15, -0.1) is 0 Å². The van der Waals surface area contributed by atoms with Gasteiger partial charge in [-0.05, 0) is 13.3 Å². The topological polar surface area (TPSA) is 24.4 Å². The van der Waals surface area contributed by atoms with E-state index < -0.39 is 0 Å². The maximum atomic E-state index is 3.79. The zero-order valence-electron chi connectivity index (χ0n) is 6.31. The van der Waals surface area contributed by atoms with Gasteiger partial charge in [-0.1, -0.05) is 13.0 Å². The molecule has 0 fully saturated rings. The first kappa shape index (κ1) is 8.21. The molecule has 9 heavy (non-hydrogen) atoms. The Morgan fingerprint density at radius 2 is 2.33 bits per heavy atom. The minimum absolute atomic E-state index is 1.03. The number of nitrogens with one attached hydrogen (secondary N) is 1. The lowest BCUT2D eigenvalue weighted by Gasteiger charge is -1.99. The van der Waals surface area contributed by atoms with Crippen molar-refractivity contribution in [3.63, 3.8) is 0 Å². The molecule has 52 valence electrons. The van der Waals surface area contributed by atoms with Gasteiger partial charge in [0.15, 0.2) is 0 Å². The summed E-state index contributed by atoms with van der Waals surface area (Å²) in [6.45, 7) is 4.11. The highest BCUT2D eigenvalue weighted by Gasteiger charge is 1.83. The summed E-state index contributed by atoms with van der Waals surface area (Å²) >= 11 is 0. The van der Waals surface area contributed by atoms with Crippen LogP contribution in [-0.4, -0.2) is 13.4 Å². The second-order valence-electron chi connectivity index (χ2n) is 1.70. The molecule has 0 bridgehead atoms. The van der Waals surface area contributed by atoms with E-state index >= 15 is 0 Å². The van der Waals surface area contributed by atoms with Crippen LogP contribution < -0.4 is 5.32 Å². The van der Waals surface area contributed by atoms with Crippen molar-refractivity contribution in [2.45, 2.75) is 20.3 Å². The van der Waals surface area contributed by atoms with E-state index in [-0.39, 0.29) is 0 Å². The number of rotatable bonds is 3. The molecule has 0 spiro atoms. The lowest BCUT2D eigenvalue weighted by atomic mass is 10.3. The van der Waals surface area contributed by atoms with Gasteiger partial charge in [0.2, 0.25) is 0 Å². The molecule has 0 amide bonds. The van der Waals surface area contributed by atoms with Gasteiger partial charge in [-0.3, -0.25) is 4.99 Å². The van der Waals surface area contributed by atoms with Crippen LogP contribution in [0.5, 0.6) is 0 Å². The quantitative estimate of drug-likeness (QED) is 0.450. The van der Waals surface area contributed by atoms with Crippen LogP contribution >= 0.6 is 0 Å². The zero-order chi connectivity index (χ0) is 7.11. The number of allylic oxidation sites excluding steroid dienone is 2. The van der Waals surface area contributed by atoms with E-state index in [0.717, 1.165) is 6.42 Å². The summed E-state index contributed by atoms with van der Waals surface area (Å²) in [7, 11) is 1.75. The standard InChI is InChI=1S/C7H14N2/c1-4-7(5-2)9-6-8-3/h4,6H,5H2,1-3H3,(H,8,9)/b7-4-. The molecule has 0 aliphatic carbocycles. The Morgan fingerprint density at radius 3 is 2.67 bits per heavy atom. The first-order chi connectivity index (χ1) is 4.35. The molecule has 0 aromatic heterocycles. The maximum Gasteiger partial charge on any atom is 0.0861 e. The molecule has 0 aromatic rings. The lowest BCUT2D eigenvalue weighted by molar-refractivity contribution is 0.982. The van der Waals surface area contributed by atoms with Crippen molar-refractivity contribution in [3.05, 3.63) is 11.8 Å². The van der Waals surface area contributed by atoms with Gasteiger partial charge in [0, 0.05) is 12.7 Å². The van der Waals surface area contributed by atoms with Crippen LogP contribution in [-0.2, 0) is 0 Å². The fraction of sp³-hybridized carbons (Fsp3) is 0.571. The number of nitrogens with zero attached hydrogens (tertiary/aromatic N) is 1. The average Bonchev–Trinajstić information content (AvgIpc) is 1.91. The van der Waals surface area contributed by atoms with Crippen molar-refractivity contribution in [1.29, 1.82) is 0 Å². The van der Waals surface area contributed by atoms with Crippen LogP contribution in [0.25, 0.3) is 0 Å². The van der Waals surface area contributed by atoms with E-state index in [1.807, 2.05) is 13.0 Å². The molecule has 0 rings (SSSR count). The van der Waals surface area contributed by atoms with Crippen LogP contribution in [0.2, 0.25) is 0 Å². The molecule has 1 N–H and O–H groups in total. The van der Waals surface area contributed by atoms with E-state index in [1.165, 1.54) is 5.70 Å². The highest BCUT2D eigenvalue weighted by Crippen LogP contribution is 1.91. The lowest BCUT2D eigenvalue weighted by Crippen LogP contribution is -2.08. The van der Waals surface area contributed by atoms with E-state index in [4.69, 9.17) is 0 Å². The number of hydrogen-bond acceptors (Lipinski definition) is 1. The van der Waals surface area contributed by atoms with Gasteiger partial charge < -0.3 is 5.32 Å². The van der Waals surface area contributed by atoms with Crippen LogP contribution in [0.4, 0.5) is 0 Å². The molecule has 2 heteroatoms. The van der Waals surface area contributed by atoms with Crippen molar-refractivity contribution >= 4 is 6.34 Å². The summed E-state index contributed by atoms with van der Waals surface area (Å²) < 4.78 is 0. The van der Waals surface area contributed by atoms with Crippen molar-refractivity contribution < 1.29 is 0 Å². The highest BCUT2D eigenvalue weighted by atomic mass is 14.9. The minimum atomic E-state index is 1.03. The predicted molar refractivity (Wildman–Crippen MR) is 41.6 cm³/mol. The largest absolute Gasteiger partial charge is 0.351 e. The second-order valence-corrected chi connectivity index (χ2v) is 1.70. The van der Waals surface area contributed by atoms with Crippen LogP contribution in [0.3, 0.4) is 0 Å². The third-order valence-electron chi connectivity index (χ3n) is 1.11. The van der Waals surface area contributed by atoms with Gasteiger partial charge in [-0.2, -0.15) is 0 Å². The molecule has 0 atom stereocenters. The fourth-order valence-corrected chi connectivity index (χ4v) is 0.537. The fourth-order valence-electron chi connectivity index (χ4n) is 0.537. The molecule has 0 unspecified atom stereocenters. The van der Waals surface area contributed by atoms with Crippen LogP contribution in [0.15, 0.2) is 16.8 Å². The van der Waals surface area contributed by atoms with Crippen LogP contribution in [0.1, 0.15) is 20.3 Å². The van der Waals surface area contributed by atoms with E-state index in [0.29, 0.717) is 0 Å². The smallest absolute Gasteiger partial charge is 0.0861 e. The Hall–Kier alpha value is -0.790. The molecule has 0 aromatic carbocycles. The Morgan fingerprint density at radius 1 is 1.67 bits per heavy atom. The molecule has 0 saturated carbocycles. The molecule has 2 nitrogen and oxygen atoms in total. The van der Waals surface area contributed by atoms with E-state index in [1.54, 1.807) is 13.4 Å². The summed E-state index contributed by atoms with van der Waals surface area (Å²) in [6, 6.07) is 0. The maximum absolute atomic E-state index is 3.79. The molecular formula is C7H14N2. The Balaban J connectivity index is 3.58. The van der Waals surface area contributed by atoms with Crippen molar-refractivity contribution in [2.24, 2.45) is 4.99 Å². The summed E-state index contributed by atoms with van der Waals surface area (Å²) in [5.74, 6) is 0. The van der Waals surface area contributed by atoms with E-state index in [2.05, 4.69) is 17.2 Å². The van der Waals surface area contributed by atoms with Gasteiger partial charge in [0.25, 0.3) is 0 Å². The molecule has 0 aliphatic heterocycles. The summed E-state index contributed by atoms with van der Waals surface area (Å²) in [4.78, 5) is 3.79. The van der Waals surface area contributed by atoms with Crippen LogP contribution in [0, 0.1) is 0 Å². The average molecular weight is 126 g/mol. The first-order valence-corrected chi connectivity index (χ1v) is 3.17. The third-order valence-corrected chi connectivity index (χ3v) is 1.11. The number of hydrogen-bond donors (Lipinski definition) is 1. The normalized spacial score (nSPS) is 12.6. The highest BCUT2D eigenvalue weighted by molar-refractivity contribution is 5.56. The SMILES string of the molecule is C/C=C(/CC)NC=NC. The second kappa shape index (κ2) is 5.35.